The highest BCUT2D eigenvalue weighted by Gasteiger charge is 2.24. The van der Waals surface area contributed by atoms with Crippen molar-refractivity contribution in [2.24, 2.45) is 5.92 Å². The molecule has 0 unspecified atom stereocenters. The summed E-state index contributed by atoms with van der Waals surface area (Å²) in [5.74, 6) is 2.04. The number of hydrogen-bond acceptors (Lipinski definition) is 5. The maximum absolute atomic E-state index is 12.4. The summed E-state index contributed by atoms with van der Waals surface area (Å²) in [4.78, 5) is 26.2. The van der Waals surface area contributed by atoms with Crippen LogP contribution >= 0.6 is 0 Å². The predicted octanol–water partition coefficient (Wildman–Crippen LogP) is 4.52. The number of nitrogens with zero attached hydrogens (tertiary/aromatic N) is 1. The summed E-state index contributed by atoms with van der Waals surface area (Å²) in [5.41, 5.74) is 2.12. The molecule has 2 amide bonds. The lowest BCUT2D eigenvalue weighted by Crippen LogP contribution is -2.24. The van der Waals surface area contributed by atoms with E-state index >= 15 is 0 Å². The third-order valence-corrected chi connectivity index (χ3v) is 5.00. The van der Waals surface area contributed by atoms with Crippen molar-refractivity contribution in [3.63, 3.8) is 0 Å². The highest BCUT2D eigenvalue weighted by atomic mass is 16.5. The van der Waals surface area contributed by atoms with Gasteiger partial charge in [0.25, 0.3) is 0 Å². The Morgan fingerprint density at radius 1 is 1.09 bits per heavy atom. The molecule has 1 aliphatic heterocycles. The van der Waals surface area contributed by atoms with Crippen LogP contribution in [0.1, 0.15) is 32.3 Å². The van der Waals surface area contributed by atoms with Crippen LogP contribution in [0.25, 0.3) is 6.08 Å². The van der Waals surface area contributed by atoms with Crippen molar-refractivity contribution in [1.82, 2.24) is 0 Å². The van der Waals surface area contributed by atoms with Gasteiger partial charge in [-0.2, -0.15) is 0 Å². The Bertz CT molecular complexity index is 1000. The summed E-state index contributed by atoms with van der Waals surface area (Å²) >= 11 is 0. The topological polar surface area (TPSA) is 77.1 Å². The molecule has 0 atom stereocenters. The summed E-state index contributed by atoms with van der Waals surface area (Å²) in [5, 5.41) is 2.82. The number of benzene rings is 2. The fourth-order valence-electron chi connectivity index (χ4n) is 3.40. The molecule has 3 rings (SSSR count). The second-order valence-corrected chi connectivity index (χ2v) is 7.97. The monoisotopic (exact) mass is 438 g/mol. The predicted molar refractivity (Wildman–Crippen MR) is 126 cm³/mol. The number of amides is 2. The third kappa shape index (κ3) is 5.81. The highest BCUT2D eigenvalue weighted by molar-refractivity contribution is 6.03. The molecule has 0 radical (unpaired) electrons. The largest absolute Gasteiger partial charge is 0.494 e. The maximum Gasteiger partial charge on any atom is 0.248 e. The average Bonchev–Trinajstić information content (AvgIpc) is 3.21. The van der Waals surface area contributed by atoms with Gasteiger partial charge >= 0.3 is 0 Å². The Labute approximate surface area is 189 Å². The van der Waals surface area contributed by atoms with E-state index in [4.69, 9.17) is 14.2 Å². The summed E-state index contributed by atoms with van der Waals surface area (Å²) in [6.45, 7) is 5.44. The number of anilines is 2. The highest BCUT2D eigenvalue weighted by Crippen LogP contribution is 2.34. The van der Waals surface area contributed by atoms with Gasteiger partial charge in [0.15, 0.2) is 11.5 Å². The van der Waals surface area contributed by atoms with Gasteiger partial charge in [-0.3, -0.25) is 9.59 Å². The van der Waals surface area contributed by atoms with Crippen molar-refractivity contribution in [1.29, 1.82) is 0 Å². The van der Waals surface area contributed by atoms with E-state index in [2.05, 4.69) is 19.2 Å². The van der Waals surface area contributed by atoms with Crippen LogP contribution in [0.2, 0.25) is 0 Å². The van der Waals surface area contributed by atoms with E-state index in [1.165, 1.54) is 6.08 Å². The molecule has 1 heterocycles. The number of methoxy groups -OCH3 is 2. The van der Waals surface area contributed by atoms with E-state index in [1.54, 1.807) is 43.4 Å². The number of nitrogens with one attached hydrogen (secondary N) is 1. The number of carbonyl (C=O) groups is 2. The van der Waals surface area contributed by atoms with Crippen molar-refractivity contribution < 1.29 is 23.8 Å². The van der Waals surface area contributed by atoms with Gasteiger partial charge in [-0.15, -0.1) is 0 Å². The zero-order valence-corrected chi connectivity index (χ0v) is 19.0. The maximum atomic E-state index is 12.4. The Morgan fingerprint density at radius 2 is 1.88 bits per heavy atom. The summed E-state index contributed by atoms with van der Waals surface area (Å²) < 4.78 is 16.6. The molecule has 1 saturated heterocycles. The average molecular weight is 439 g/mol. The van der Waals surface area contributed by atoms with Gasteiger partial charge < -0.3 is 24.4 Å². The normalized spacial score (nSPS) is 13.7. The Balaban J connectivity index is 1.66. The summed E-state index contributed by atoms with van der Waals surface area (Å²) in [7, 11) is 3.14. The standard InChI is InChI=1S/C25H30N2O5/c1-17(2)16-32-21-11-7-18(14-23(21)31-4)8-12-24(28)26-19-9-10-20(22(15-19)30-3)27-13-5-6-25(27)29/h7-12,14-15,17H,5-6,13,16H2,1-4H3,(H,26,28)/b12-8+. The molecule has 1 N–H and O–H groups in total. The molecule has 7 nitrogen and oxygen atoms in total. The Kier molecular flexibility index (Phi) is 7.76. The lowest BCUT2D eigenvalue weighted by Gasteiger charge is -2.19. The lowest BCUT2D eigenvalue weighted by molar-refractivity contribution is -0.117. The minimum Gasteiger partial charge on any atom is -0.494 e. The first-order chi connectivity index (χ1) is 15.4. The van der Waals surface area contributed by atoms with E-state index in [0.29, 0.717) is 48.4 Å². The minimum atomic E-state index is -0.281. The molecule has 0 spiro atoms. The molecule has 0 saturated carbocycles. The lowest BCUT2D eigenvalue weighted by atomic mass is 10.1. The van der Waals surface area contributed by atoms with Crippen LogP contribution < -0.4 is 24.4 Å². The molecule has 170 valence electrons. The van der Waals surface area contributed by atoms with Crippen LogP contribution in [0.4, 0.5) is 11.4 Å². The number of rotatable bonds is 9. The zero-order valence-electron chi connectivity index (χ0n) is 19.0. The van der Waals surface area contributed by atoms with Crippen LogP contribution in [-0.2, 0) is 9.59 Å². The second-order valence-electron chi connectivity index (χ2n) is 7.97. The molecular formula is C25H30N2O5. The van der Waals surface area contributed by atoms with E-state index < -0.39 is 0 Å². The van der Waals surface area contributed by atoms with Crippen LogP contribution in [0.15, 0.2) is 42.5 Å². The van der Waals surface area contributed by atoms with Crippen molar-refractivity contribution in [3.05, 3.63) is 48.0 Å². The molecule has 2 aromatic rings. The van der Waals surface area contributed by atoms with Crippen LogP contribution in [0, 0.1) is 5.92 Å². The molecule has 0 bridgehead atoms. The van der Waals surface area contributed by atoms with Gasteiger partial charge in [-0.1, -0.05) is 19.9 Å². The number of carbonyl (C=O) groups excluding carboxylic acids is 2. The SMILES string of the molecule is COc1cc(/C=C/C(=O)Nc2ccc(N3CCCC3=O)c(OC)c2)ccc1OCC(C)C. The third-order valence-electron chi connectivity index (χ3n) is 5.00. The van der Waals surface area contributed by atoms with Crippen molar-refractivity contribution in [2.45, 2.75) is 26.7 Å². The van der Waals surface area contributed by atoms with E-state index in [0.717, 1.165) is 17.7 Å². The zero-order chi connectivity index (χ0) is 23.1. The van der Waals surface area contributed by atoms with Gasteiger partial charge in [0.05, 0.1) is 26.5 Å². The van der Waals surface area contributed by atoms with Gasteiger partial charge in [-0.25, -0.2) is 0 Å². The summed E-state index contributed by atoms with van der Waals surface area (Å²) in [6.07, 6.45) is 4.54. The number of ether oxygens (including phenoxy) is 3. The molecule has 0 aliphatic carbocycles. The molecule has 32 heavy (non-hydrogen) atoms. The number of hydrogen-bond donors (Lipinski definition) is 1. The fourth-order valence-corrected chi connectivity index (χ4v) is 3.40. The fraction of sp³-hybridized carbons (Fsp3) is 0.360. The van der Waals surface area contributed by atoms with Gasteiger partial charge in [0.1, 0.15) is 5.75 Å². The smallest absolute Gasteiger partial charge is 0.248 e. The van der Waals surface area contributed by atoms with Crippen LogP contribution in [0.5, 0.6) is 17.2 Å². The molecule has 1 aliphatic rings. The van der Waals surface area contributed by atoms with E-state index in [9.17, 15) is 9.59 Å². The Hall–Kier alpha value is -3.48. The van der Waals surface area contributed by atoms with Gasteiger partial charge in [-0.05, 0) is 48.2 Å². The molecule has 2 aromatic carbocycles. The van der Waals surface area contributed by atoms with Gasteiger partial charge in [0, 0.05) is 30.8 Å². The first kappa shape index (κ1) is 23.2. The van der Waals surface area contributed by atoms with Crippen molar-refractivity contribution in [2.75, 3.05) is 37.6 Å². The van der Waals surface area contributed by atoms with Crippen LogP contribution in [0.3, 0.4) is 0 Å². The van der Waals surface area contributed by atoms with E-state index in [-0.39, 0.29) is 11.8 Å². The molecular weight excluding hydrogens is 408 g/mol. The first-order valence-electron chi connectivity index (χ1n) is 10.7. The van der Waals surface area contributed by atoms with E-state index in [1.807, 2.05) is 18.2 Å². The van der Waals surface area contributed by atoms with Gasteiger partial charge in [0.2, 0.25) is 11.8 Å². The van der Waals surface area contributed by atoms with Crippen molar-refractivity contribution >= 4 is 29.3 Å². The molecule has 0 aromatic heterocycles. The van der Waals surface area contributed by atoms with Crippen LogP contribution in [-0.4, -0.2) is 39.2 Å². The first-order valence-corrected chi connectivity index (χ1v) is 10.7. The minimum absolute atomic E-state index is 0.0825. The molecule has 1 fully saturated rings. The molecule has 7 heteroatoms. The Morgan fingerprint density at radius 3 is 2.53 bits per heavy atom. The second kappa shape index (κ2) is 10.7. The quantitative estimate of drug-likeness (QED) is 0.583. The summed E-state index contributed by atoms with van der Waals surface area (Å²) in [6, 6.07) is 10.8. The van der Waals surface area contributed by atoms with Crippen molar-refractivity contribution in [3.8, 4) is 17.2 Å².